The summed E-state index contributed by atoms with van der Waals surface area (Å²) in [6.07, 6.45) is 0. The molecule has 8 rings (SSSR count). The molecule has 3 heteroatoms. The molecule has 0 saturated heterocycles. The molecule has 0 aliphatic carbocycles. The normalized spacial score (nSPS) is 11.5. The Kier molecular flexibility index (Phi) is 5.35. The van der Waals surface area contributed by atoms with Crippen LogP contribution in [0.5, 0.6) is 0 Å². The first-order valence-electron chi connectivity index (χ1n) is 13.5. The van der Waals surface area contributed by atoms with Gasteiger partial charge in [-0.25, -0.2) is 4.98 Å². The maximum Gasteiger partial charge on any atom is 0.147 e. The van der Waals surface area contributed by atoms with Crippen LogP contribution in [0.1, 0.15) is 0 Å². The van der Waals surface area contributed by atoms with Crippen molar-refractivity contribution in [3.8, 4) is 39.3 Å². The number of aromatic nitrogens is 2. The highest BCUT2D eigenvalue weighted by molar-refractivity contribution is 7.26. The van der Waals surface area contributed by atoms with Crippen molar-refractivity contribution in [1.29, 1.82) is 0 Å². The van der Waals surface area contributed by atoms with Crippen molar-refractivity contribution < 1.29 is 0 Å². The molecule has 2 heterocycles. The van der Waals surface area contributed by atoms with E-state index in [1.807, 2.05) is 11.3 Å². The van der Waals surface area contributed by atoms with Gasteiger partial charge in [-0.3, -0.25) is 4.57 Å². The lowest BCUT2D eigenvalue weighted by atomic mass is 9.95. The number of nitrogens with zero attached hydrogens (tertiary/aromatic N) is 2. The summed E-state index contributed by atoms with van der Waals surface area (Å²) in [5, 5.41) is 2.57. The van der Waals surface area contributed by atoms with Crippen molar-refractivity contribution in [2.24, 2.45) is 0 Å². The van der Waals surface area contributed by atoms with Gasteiger partial charge in [-0.2, -0.15) is 0 Å². The van der Waals surface area contributed by atoms with Crippen LogP contribution in [0.2, 0.25) is 0 Å². The third-order valence-electron chi connectivity index (χ3n) is 7.64. The fourth-order valence-electron chi connectivity index (χ4n) is 5.84. The van der Waals surface area contributed by atoms with Crippen LogP contribution in [0.3, 0.4) is 0 Å². The minimum atomic E-state index is 0.957. The number of para-hydroxylation sites is 3. The highest BCUT2D eigenvalue weighted by atomic mass is 32.1. The molecule has 0 saturated carbocycles. The van der Waals surface area contributed by atoms with Gasteiger partial charge in [-0.1, -0.05) is 121 Å². The Morgan fingerprint density at radius 2 is 1.05 bits per heavy atom. The van der Waals surface area contributed by atoms with Crippen LogP contribution in [-0.4, -0.2) is 9.55 Å². The maximum absolute atomic E-state index is 5.32. The van der Waals surface area contributed by atoms with Crippen LogP contribution >= 0.6 is 11.3 Å². The van der Waals surface area contributed by atoms with Gasteiger partial charge < -0.3 is 0 Å². The first-order valence-corrected chi connectivity index (χ1v) is 14.3. The Bertz CT molecular complexity index is 2100. The lowest BCUT2D eigenvalue weighted by molar-refractivity contribution is 1.11. The third kappa shape index (κ3) is 3.59. The number of imidazole rings is 1. The zero-order valence-corrected chi connectivity index (χ0v) is 22.5. The summed E-state index contributed by atoms with van der Waals surface area (Å²) in [5.74, 6) is 0.957. The molecule has 40 heavy (non-hydrogen) atoms. The zero-order valence-electron chi connectivity index (χ0n) is 21.7. The maximum atomic E-state index is 5.32. The van der Waals surface area contributed by atoms with Gasteiger partial charge in [0.15, 0.2) is 0 Å². The molecule has 8 aromatic rings. The van der Waals surface area contributed by atoms with Crippen molar-refractivity contribution in [1.82, 2.24) is 9.55 Å². The fourth-order valence-corrected chi connectivity index (χ4v) is 7.05. The van der Waals surface area contributed by atoms with E-state index in [4.69, 9.17) is 4.98 Å². The summed E-state index contributed by atoms with van der Waals surface area (Å²) in [7, 11) is 0. The molecule has 0 unspecified atom stereocenters. The lowest BCUT2D eigenvalue weighted by Gasteiger charge is -2.20. The minimum absolute atomic E-state index is 0.957. The van der Waals surface area contributed by atoms with E-state index in [-0.39, 0.29) is 0 Å². The number of fused-ring (bicyclic) bond motifs is 4. The first-order chi connectivity index (χ1) is 19.9. The van der Waals surface area contributed by atoms with Crippen LogP contribution in [0.15, 0.2) is 146 Å². The van der Waals surface area contributed by atoms with Crippen LogP contribution in [0.4, 0.5) is 0 Å². The predicted octanol–water partition coefficient (Wildman–Crippen LogP) is 10.4. The second-order valence-corrected chi connectivity index (χ2v) is 11.0. The molecule has 0 amide bonds. The summed E-state index contributed by atoms with van der Waals surface area (Å²) in [5.41, 5.74) is 9.08. The van der Waals surface area contributed by atoms with Crippen molar-refractivity contribution in [2.45, 2.75) is 0 Å². The summed E-state index contributed by atoms with van der Waals surface area (Å²) < 4.78 is 4.94. The molecule has 0 bridgehead atoms. The summed E-state index contributed by atoms with van der Waals surface area (Å²) in [6.45, 7) is 0. The van der Waals surface area contributed by atoms with Gasteiger partial charge >= 0.3 is 0 Å². The van der Waals surface area contributed by atoms with Crippen molar-refractivity contribution in [2.75, 3.05) is 0 Å². The van der Waals surface area contributed by atoms with Crippen LogP contribution < -0.4 is 0 Å². The molecular formula is C37H24N2S. The second kappa shape index (κ2) is 9.33. The van der Waals surface area contributed by atoms with Gasteiger partial charge in [0.2, 0.25) is 0 Å². The molecule has 188 valence electrons. The Morgan fingerprint density at radius 1 is 0.475 bits per heavy atom. The standard InChI is InChI=1S/C37H24N2S/c1-3-13-25(14-4-1)27-18-11-19-28(26-15-5-2-6-16-26)35(27)39-33-23-9-8-22-32(33)38-37(39)31-21-12-20-30-29-17-7-10-24-34(29)40-36(30)31/h1-24H. The van der Waals surface area contributed by atoms with E-state index in [0.717, 1.165) is 28.1 Å². The number of rotatable bonds is 4. The van der Waals surface area contributed by atoms with E-state index in [0.29, 0.717) is 0 Å². The number of benzene rings is 6. The van der Waals surface area contributed by atoms with E-state index >= 15 is 0 Å². The number of thiophene rings is 1. The quantitative estimate of drug-likeness (QED) is 0.222. The number of hydrogen-bond acceptors (Lipinski definition) is 2. The van der Waals surface area contributed by atoms with E-state index < -0.39 is 0 Å². The monoisotopic (exact) mass is 528 g/mol. The topological polar surface area (TPSA) is 17.8 Å². The zero-order chi connectivity index (χ0) is 26.5. The molecule has 0 aliphatic heterocycles. The van der Waals surface area contributed by atoms with E-state index in [2.05, 4.69) is 150 Å². The Hall–Kier alpha value is -4.99. The second-order valence-electron chi connectivity index (χ2n) is 9.97. The molecule has 6 aromatic carbocycles. The van der Waals surface area contributed by atoms with Crippen LogP contribution in [0, 0.1) is 0 Å². The average Bonchev–Trinajstić information content (AvgIpc) is 3.60. The van der Waals surface area contributed by atoms with Gasteiger partial charge in [-0.05, 0) is 35.4 Å². The predicted molar refractivity (Wildman–Crippen MR) is 170 cm³/mol. The number of hydrogen-bond donors (Lipinski definition) is 0. The summed E-state index contributed by atoms with van der Waals surface area (Å²) >= 11 is 1.84. The van der Waals surface area contributed by atoms with Crippen LogP contribution in [0.25, 0.3) is 70.5 Å². The highest BCUT2D eigenvalue weighted by Crippen LogP contribution is 2.44. The van der Waals surface area contributed by atoms with E-state index in [1.165, 1.54) is 42.4 Å². The molecule has 0 aliphatic rings. The van der Waals surface area contributed by atoms with Gasteiger partial charge in [0, 0.05) is 36.9 Å². The summed E-state index contributed by atoms with van der Waals surface area (Å²) in [4.78, 5) is 5.32. The molecule has 0 N–H and O–H groups in total. The molecule has 2 aromatic heterocycles. The van der Waals surface area contributed by atoms with Gasteiger partial charge in [0.1, 0.15) is 5.82 Å². The van der Waals surface area contributed by atoms with Crippen molar-refractivity contribution in [3.63, 3.8) is 0 Å². The fraction of sp³-hybridized carbons (Fsp3) is 0. The molecule has 2 nitrogen and oxygen atoms in total. The highest BCUT2D eigenvalue weighted by Gasteiger charge is 2.23. The molecular weight excluding hydrogens is 504 g/mol. The lowest BCUT2D eigenvalue weighted by Crippen LogP contribution is -2.03. The Balaban J connectivity index is 1.52. The molecule has 0 spiro atoms. The summed E-state index contributed by atoms with van der Waals surface area (Å²) in [6, 6.07) is 51.8. The van der Waals surface area contributed by atoms with Crippen molar-refractivity contribution >= 4 is 42.5 Å². The van der Waals surface area contributed by atoms with Crippen LogP contribution in [-0.2, 0) is 0 Å². The average molecular weight is 529 g/mol. The van der Waals surface area contributed by atoms with Gasteiger partial charge in [0.25, 0.3) is 0 Å². The van der Waals surface area contributed by atoms with Gasteiger partial charge in [-0.15, -0.1) is 11.3 Å². The smallest absolute Gasteiger partial charge is 0.147 e. The first kappa shape index (κ1) is 22.9. The minimum Gasteiger partial charge on any atom is -0.291 e. The van der Waals surface area contributed by atoms with E-state index in [1.54, 1.807) is 0 Å². The SMILES string of the molecule is c1ccc(-c2cccc(-c3ccccc3)c2-n2c(-c3cccc4c3sc3ccccc34)nc3ccccc32)cc1. The van der Waals surface area contributed by atoms with Crippen molar-refractivity contribution in [3.05, 3.63) is 146 Å². The molecule has 0 radical (unpaired) electrons. The Morgan fingerprint density at radius 3 is 1.80 bits per heavy atom. The molecule has 0 fully saturated rings. The Labute approximate surface area is 236 Å². The van der Waals surface area contributed by atoms with E-state index in [9.17, 15) is 0 Å². The largest absolute Gasteiger partial charge is 0.291 e. The van der Waals surface area contributed by atoms with Gasteiger partial charge in [0.05, 0.1) is 16.7 Å². The molecule has 0 atom stereocenters. The third-order valence-corrected chi connectivity index (χ3v) is 8.86.